The first kappa shape index (κ1) is 17.7. The standard InChI is InChI=1S/C19H24N6O2/c26-19(16-11-18(23-14-22-16)24-5-1-2-6-24)21-13-15-3-4-17(20-12-15)25-7-9-27-10-8-25/h3-4,11-12,14H,1-2,5-10,13H2,(H,21,26). The molecule has 0 aromatic carbocycles. The van der Waals surface area contributed by atoms with Crippen LogP contribution < -0.4 is 15.1 Å². The van der Waals surface area contributed by atoms with Crippen LogP contribution in [0.4, 0.5) is 11.6 Å². The molecule has 142 valence electrons. The van der Waals surface area contributed by atoms with E-state index in [9.17, 15) is 4.79 Å². The fourth-order valence-electron chi connectivity index (χ4n) is 3.36. The third-order valence-corrected chi connectivity index (χ3v) is 4.91. The SMILES string of the molecule is O=C(NCc1ccc(N2CCOCC2)nc1)c1cc(N2CCCC2)ncn1. The Hall–Kier alpha value is -2.74. The largest absolute Gasteiger partial charge is 0.378 e. The Morgan fingerprint density at radius 3 is 2.52 bits per heavy atom. The highest BCUT2D eigenvalue weighted by molar-refractivity contribution is 5.92. The highest BCUT2D eigenvalue weighted by atomic mass is 16.5. The van der Waals surface area contributed by atoms with Crippen LogP contribution in [0.2, 0.25) is 0 Å². The van der Waals surface area contributed by atoms with Gasteiger partial charge in [0.2, 0.25) is 0 Å². The molecule has 4 rings (SSSR count). The van der Waals surface area contributed by atoms with Crippen molar-refractivity contribution >= 4 is 17.5 Å². The van der Waals surface area contributed by atoms with E-state index in [0.717, 1.165) is 56.6 Å². The summed E-state index contributed by atoms with van der Waals surface area (Å²) in [6, 6.07) is 5.75. The number of hydrogen-bond acceptors (Lipinski definition) is 7. The quantitative estimate of drug-likeness (QED) is 0.850. The second-order valence-corrected chi connectivity index (χ2v) is 6.76. The van der Waals surface area contributed by atoms with Crippen molar-refractivity contribution in [2.45, 2.75) is 19.4 Å². The Bertz CT molecular complexity index is 770. The van der Waals surface area contributed by atoms with Crippen molar-refractivity contribution in [2.24, 2.45) is 0 Å². The van der Waals surface area contributed by atoms with Gasteiger partial charge in [-0.2, -0.15) is 0 Å². The Kier molecular flexibility index (Phi) is 5.43. The molecule has 8 heteroatoms. The molecular formula is C19H24N6O2. The minimum Gasteiger partial charge on any atom is -0.378 e. The molecule has 0 radical (unpaired) electrons. The van der Waals surface area contributed by atoms with Crippen LogP contribution in [0.25, 0.3) is 0 Å². The maximum atomic E-state index is 12.4. The molecule has 0 aliphatic carbocycles. The minimum atomic E-state index is -0.199. The van der Waals surface area contributed by atoms with Crippen LogP contribution in [0.3, 0.4) is 0 Å². The van der Waals surface area contributed by atoms with Crippen LogP contribution in [0.5, 0.6) is 0 Å². The molecular weight excluding hydrogens is 344 g/mol. The summed E-state index contributed by atoms with van der Waals surface area (Å²) in [5, 5.41) is 2.91. The van der Waals surface area contributed by atoms with E-state index in [1.807, 2.05) is 12.1 Å². The summed E-state index contributed by atoms with van der Waals surface area (Å²) in [5.74, 6) is 1.57. The van der Waals surface area contributed by atoms with Gasteiger partial charge < -0.3 is 19.9 Å². The number of rotatable bonds is 5. The van der Waals surface area contributed by atoms with Crippen molar-refractivity contribution in [3.63, 3.8) is 0 Å². The average molecular weight is 368 g/mol. The molecule has 2 aliphatic rings. The zero-order valence-corrected chi connectivity index (χ0v) is 15.3. The highest BCUT2D eigenvalue weighted by Crippen LogP contribution is 2.17. The van der Waals surface area contributed by atoms with Crippen molar-refractivity contribution in [1.29, 1.82) is 0 Å². The first-order valence-electron chi connectivity index (χ1n) is 9.42. The molecule has 1 amide bonds. The summed E-state index contributed by atoms with van der Waals surface area (Å²) >= 11 is 0. The van der Waals surface area contributed by atoms with Gasteiger partial charge in [0.05, 0.1) is 13.2 Å². The topological polar surface area (TPSA) is 83.5 Å². The summed E-state index contributed by atoms with van der Waals surface area (Å²) in [4.78, 5) is 29.7. The molecule has 0 saturated carbocycles. The van der Waals surface area contributed by atoms with Crippen molar-refractivity contribution in [3.05, 3.63) is 42.0 Å². The third-order valence-electron chi connectivity index (χ3n) is 4.91. The van der Waals surface area contributed by atoms with Gasteiger partial charge in [-0.1, -0.05) is 6.07 Å². The van der Waals surface area contributed by atoms with Crippen LogP contribution >= 0.6 is 0 Å². The lowest BCUT2D eigenvalue weighted by Crippen LogP contribution is -2.36. The summed E-state index contributed by atoms with van der Waals surface area (Å²) in [5.41, 5.74) is 1.35. The number of aromatic nitrogens is 3. The van der Waals surface area contributed by atoms with E-state index < -0.39 is 0 Å². The molecule has 2 saturated heterocycles. The number of nitrogens with one attached hydrogen (secondary N) is 1. The molecule has 0 atom stereocenters. The van der Waals surface area contributed by atoms with Gasteiger partial charge in [0.15, 0.2) is 0 Å². The summed E-state index contributed by atoms with van der Waals surface area (Å²) in [7, 11) is 0. The Labute approximate surface area is 158 Å². The van der Waals surface area contributed by atoms with E-state index >= 15 is 0 Å². The summed E-state index contributed by atoms with van der Waals surface area (Å²) < 4.78 is 5.36. The molecule has 0 unspecified atom stereocenters. The van der Waals surface area contributed by atoms with Gasteiger partial charge in [0.25, 0.3) is 5.91 Å². The normalized spacial score (nSPS) is 17.2. The fourth-order valence-corrected chi connectivity index (χ4v) is 3.36. The maximum absolute atomic E-state index is 12.4. The van der Waals surface area contributed by atoms with Crippen molar-refractivity contribution in [1.82, 2.24) is 20.3 Å². The molecule has 2 fully saturated rings. The number of pyridine rings is 1. The van der Waals surface area contributed by atoms with Crippen LogP contribution in [0, 0.1) is 0 Å². The lowest BCUT2D eigenvalue weighted by molar-refractivity contribution is 0.0945. The molecule has 4 heterocycles. The second kappa shape index (κ2) is 8.30. The van der Waals surface area contributed by atoms with Crippen LogP contribution in [-0.4, -0.2) is 60.3 Å². The third kappa shape index (κ3) is 4.33. The number of carbonyl (C=O) groups is 1. The van der Waals surface area contributed by atoms with Crippen LogP contribution in [-0.2, 0) is 11.3 Å². The molecule has 2 aromatic rings. The Morgan fingerprint density at radius 2 is 1.78 bits per heavy atom. The number of amides is 1. The number of nitrogens with zero attached hydrogens (tertiary/aromatic N) is 5. The van der Waals surface area contributed by atoms with E-state index in [2.05, 4.69) is 30.1 Å². The van der Waals surface area contributed by atoms with Crippen LogP contribution in [0.1, 0.15) is 28.9 Å². The number of hydrogen-bond donors (Lipinski definition) is 1. The zero-order chi connectivity index (χ0) is 18.5. The second-order valence-electron chi connectivity index (χ2n) is 6.76. The number of carbonyl (C=O) groups excluding carboxylic acids is 1. The summed E-state index contributed by atoms with van der Waals surface area (Å²) in [6.45, 7) is 5.57. The molecule has 8 nitrogen and oxygen atoms in total. The van der Waals surface area contributed by atoms with Gasteiger partial charge in [-0.15, -0.1) is 0 Å². The minimum absolute atomic E-state index is 0.199. The zero-order valence-electron chi connectivity index (χ0n) is 15.3. The molecule has 0 bridgehead atoms. The predicted molar refractivity (Wildman–Crippen MR) is 102 cm³/mol. The molecule has 2 aromatic heterocycles. The van der Waals surface area contributed by atoms with Crippen molar-refractivity contribution in [3.8, 4) is 0 Å². The van der Waals surface area contributed by atoms with Gasteiger partial charge in [-0.3, -0.25) is 4.79 Å². The van der Waals surface area contributed by atoms with E-state index in [1.54, 1.807) is 12.3 Å². The molecule has 0 spiro atoms. The van der Waals surface area contributed by atoms with Crippen molar-refractivity contribution < 1.29 is 9.53 Å². The fraction of sp³-hybridized carbons (Fsp3) is 0.474. The molecule has 27 heavy (non-hydrogen) atoms. The number of ether oxygens (including phenoxy) is 1. The van der Waals surface area contributed by atoms with E-state index in [-0.39, 0.29) is 5.91 Å². The first-order chi connectivity index (χ1) is 13.3. The lowest BCUT2D eigenvalue weighted by atomic mass is 10.2. The van der Waals surface area contributed by atoms with Gasteiger partial charge in [0.1, 0.15) is 23.7 Å². The molecule has 2 aliphatic heterocycles. The van der Waals surface area contributed by atoms with E-state index in [0.29, 0.717) is 12.2 Å². The Balaban J connectivity index is 1.34. The Morgan fingerprint density at radius 1 is 1.00 bits per heavy atom. The lowest BCUT2D eigenvalue weighted by Gasteiger charge is -2.27. The predicted octanol–water partition coefficient (Wildman–Crippen LogP) is 1.24. The smallest absolute Gasteiger partial charge is 0.270 e. The van der Waals surface area contributed by atoms with Gasteiger partial charge in [-0.25, -0.2) is 15.0 Å². The van der Waals surface area contributed by atoms with Crippen LogP contribution in [0.15, 0.2) is 30.7 Å². The number of anilines is 2. The maximum Gasteiger partial charge on any atom is 0.270 e. The summed E-state index contributed by atoms with van der Waals surface area (Å²) in [6.07, 6.45) is 5.60. The van der Waals surface area contributed by atoms with Gasteiger partial charge >= 0.3 is 0 Å². The van der Waals surface area contributed by atoms with Gasteiger partial charge in [0, 0.05) is 45.0 Å². The van der Waals surface area contributed by atoms with Gasteiger partial charge in [-0.05, 0) is 24.5 Å². The first-order valence-corrected chi connectivity index (χ1v) is 9.42. The molecule has 1 N–H and O–H groups in total. The highest BCUT2D eigenvalue weighted by Gasteiger charge is 2.16. The average Bonchev–Trinajstić information content (AvgIpc) is 3.28. The van der Waals surface area contributed by atoms with Crippen molar-refractivity contribution in [2.75, 3.05) is 49.2 Å². The number of morpholine rings is 1. The van der Waals surface area contributed by atoms with E-state index in [4.69, 9.17) is 4.74 Å². The van der Waals surface area contributed by atoms with E-state index in [1.165, 1.54) is 19.2 Å². The monoisotopic (exact) mass is 368 g/mol.